The van der Waals surface area contributed by atoms with Crippen molar-refractivity contribution in [3.63, 3.8) is 0 Å². The highest BCUT2D eigenvalue weighted by molar-refractivity contribution is 5.71. The summed E-state index contributed by atoms with van der Waals surface area (Å²) < 4.78 is 16.9. The van der Waals surface area contributed by atoms with Crippen molar-refractivity contribution in [2.24, 2.45) is 0 Å². The van der Waals surface area contributed by atoms with Gasteiger partial charge in [0.1, 0.15) is 13.2 Å². The van der Waals surface area contributed by atoms with Crippen LogP contribution in [0.5, 0.6) is 0 Å². The normalized spacial score (nSPS) is 12.6. The fraction of sp³-hybridized carbons (Fsp3) is 0.762. The maximum atomic E-state index is 12.8. The highest BCUT2D eigenvalue weighted by Crippen LogP contribution is 2.16. The van der Waals surface area contributed by atoms with Crippen molar-refractivity contribution >= 4 is 17.9 Å². The summed E-state index contributed by atoms with van der Waals surface area (Å²) in [4.78, 5) is 38.1. The first-order valence-corrected chi connectivity index (χ1v) is 29.4. The predicted molar refractivity (Wildman–Crippen MR) is 298 cm³/mol. The third kappa shape index (κ3) is 55.6. The van der Waals surface area contributed by atoms with Gasteiger partial charge in [-0.3, -0.25) is 14.4 Å². The largest absolute Gasteiger partial charge is 0.462 e. The average molecular weight is 964 g/mol. The second kappa shape index (κ2) is 57.4. The summed E-state index contributed by atoms with van der Waals surface area (Å²) in [6.07, 6.45) is 73.3. The molecule has 0 N–H and O–H groups in total. The van der Waals surface area contributed by atoms with Gasteiger partial charge in [0.15, 0.2) is 6.10 Å². The summed E-state index contributed by atoms with van der Waals surface area (Å²) in [7, 11) is 0. The highest BCUT2D eigenvalue weighted by Gasteiger charge is 2.19. The minimum Gasteiger partial charge on any atom is -0.462 e. The molecule has 0 aromatic rings. The molecule has 0 aliphatic heterocycles. The molecule has 0 radical (unpaired) electrons. The molecule has 0 aliphatic rings. The molecule has 0 aliphatic carbocycles. The Labute approximate surface area is 427 Å². The van der Waals surface area contributed by atoms with Gasteiger partial charge in [-0.2, -0.15) is 0 Å². The second-order valence-electron chi connectivity index (χ2n) is 19.5. The van der Waals surface area contributed by atoms with E-state index in [-0.39, 0.29) is 31.1 Å². The average Bonchev–Trinajstić information content (AvgIpc) is 3.35. The Morgan fingerprint density at radius 2 is 0.580 bits per heavy atom. The Kier molecular flexibility index (Phi) is 54.8. The summed E-state index contributed by atoms with van der Waals surface area (Å²) in [5, 5.41) is 0. The number of allylic oxidation sites excluding steroid dienone is 12. The van der Waals surface area contributed by atoms with Crippen LogP contribution in [0.15, 0.2) is 72.9 Å². The molecule has 0 saturated carbocycles. The van der Waals surface area contributed by atoms with Gasteiger partial charge in [0.25, 0.3) is 0 Å². The third-order valence-corrected chi connectivity index (χ3v) is 12.7. The van der Waals surface area contributed by atoms with Gasteiger partial charge >= 0.3 is 17.9 Å². The van der Waals surface area contributed by atoms with Gasteiger partial charge in [0.05, 0.1) is 0 Å². The molecule has 0 rings (SSSR count). The lowest BCUT2D eigenvalue weighted by molar-refractivity contribution is -0.167. The van der Waals surface area contributed by atoms with Crippen LogP contribution < -0.4 is 0 Å². The van der Waals surface area contributed by atoms with Gasteiger partial charge in [0.2, 0.25) is 0 Å². The topological polar surface area (TPSA) is 78.9 Å². The standard InChI is InChI=1S/C63H110O6/c1-4-7-10-13-16-19-22-24-26-27-28-29-30-31-32-33-34-35-37-38-41-44-47-50-53-56-62(65)68-59-60(58-67-61(64)55-52-49-46-43-40-21-18-15-12-9-6-3)69-63(66)57-54-51-48-45-42-39-36-25-23-20-17-14-11-8-5-2/h7,10,15-16,18-19,24,26,28-29,31-32,60H,4-6,8-9,11-14,17,20-23,25,27,30,33-59H2,1-3H3/b10-7-,18-15-,19-16-,26-24-,29-28-,32-31-. The van der Waals surface area contributed by atoms with Crippen molar-refractivity contribution in [3.05, 3.63) is 72.9 Å². The number of ether oxygens (including phenoxy) is 3. The van der Waals surface area contributed by atoms with Crippen LogP contribution in [0.4, 0.5) is 0 Å². The van der Waals surface area contributed by atoms with Crippen molar-refractivity contribution in [2.75, 3.05) is 13.2 Å². The smallest absolute Gasteiger partial charge is 0.306 e. The zero-order valence-electron chi connectivity index (χ0n) is 45.6. The number of carbonyl (C=O) groups is 3. The first-order valence-electron chi connectivity index (χ1n) is 29.4. The van der Waals surface area contributed by atoms with Gasteiger partial charge in [-0.15, -0.1) is 0 Å². The fourth-order valence-electron chi connectivity index (χ4n) is 8.27. The van der Waals surface area contributed by atoms with Crippen LogP contribution in [0, 0.1) is 0 Å². The van der Waals surface area contributed by atoms with E-state index in [0.717, 1.165) is 103 Å². The molecule has 1 atom stereocenters. The van der Waals surface area contributed by atoms with Crippen LogP contribution in [0.2, 0.25) is 0 Å². The molecule has 0 spiro atoms. The molecule has 0 fully saturated rings. The Hall–Kier alpha value is -3.15. The van der Waals surface area contributed by atoms with E-state index in [4.69, 9.17) is 14.2 Å². The first kappa shape index (κ1) is 65.8. The lowest BCUT2D eigenvalue weighted by Crippen LogP contribution is -2.30. The van der Waals surface area contributed by atoms with Crippen LogP contribution in [0.1, 0.15) is 290 Å². The Bertz CT molecular complexity index is 1290. The van der Waals surface area contributed by atoms with E-state index >= 15 is 0 Å². The maximum absolute atomic E-state index is 12.8. The number of hydrogen-bond donors (Lipinski definition) is 0. The molecule has 0 aromatic heterocycles. The van der Waals surface area contributed by atoms with Crippen molar-refractivity contribution in [1.29, 1.82) is 0 Å². The van der Waals surface area contributed by atoms with Crippen LogP contribution in [0.3, 0.4) is 0 Å². The monoisotopic (exact) mass is 963 g/mol. The highest BCUT2D eigenvalue weighted by atomic mass is 16.6. The van der Waals surface area contributed by atoms with Crippen LogP contribution in [-0.2, 0) is 28.6 Å². The van der Waals surface area contributed by atoms with Gasteiger partial charge in [-0.05, 0) is 83.5 Å². The van der Waals surface area contributed by atoms with Crippen molar-refractivity contribution < 1.29 is 28.6 Å². The summed E-state index contributed by atoms with van der Waals surface area (Å²) in [6.45, 7) is 6.50. The molecule has 1 unspecified atom stereocenters. The summed E-state index contributed by atoms with van der Waals surface area (Å²) in [5.41, 5.74) is 0. The quantitative estimate of drug-likeness (QED) is 0.0262. The van der Waals surface area contributed by atoms with Gasteiger partial charge in [-0.25, -0.2) is 0 Å². The van der Waals surface area contributed by atoms with E-state index in [1.807, 2.05) is 0 Å². The molecule has 0 amide bonds. The predicted octanol–water partition coefficient (Wildman–Crippen LogP) is 19.8. The van der Waals surface area contributed by atoms with Crippen molar-refractivity contribution in [3.8, 4) is 0 Å². The molecule has 0 aromatic carbocycles. The number of hydrogen-bond acceptors (Lipinski definition) is 6. The summed E-state index contributed by atoms with van der Waals surface area (Å²) >= 11 is 0. The van der Waals surface area contributed by atoms with E-state index < -0.39 is 6.10 Å². The Balaban J connectivity index is 4.27. The van der Waals surface area contributed by atoms with Crippen LogP contribution in [0.25, 0.3) is 0 Å². The first-order chi connectivity index (χ1) is 34.0. The minimum absolute atomic E-state index is 0.0787. The van der Waals surface area contributed by atoms with E-state index in [2.05, 4.69) is 93.7 Å². The molecular weight excluding hydrogens is 853 g/mol. The zero-order chi connectivity index (χ0) is 50.0. The van der Waals surface area contributed by atoms with Crippen LogP contribution in [-0.4, -0.2) is 37.2 Å². The van der Waals surface area contributed by atoms with Gasteiger partial charge in [0, 0.05) is 19.3 Å². The van der Waals surface area contributed by atoms with Gasteiger partial charge < -0.3 is 14.2 Å². The number of unbranched alkanes of at least 4 members (excludes halogenated alkanes) is 30. The van der Waals surface area contributed by atoms with Crippen molar-refractivity contribution in [1.82, 2.24) is 0 Å². The van der Waals surface area contributed by atoms with Crippen molar-refractivity contribution in [2.45, 2.75) is 297 Å². The Morgan fingerprint density at radius 3 is 0.942 bits per heavy atom. The maximum Gasteiger partial charge on any atom is 0.306 e. The number of esters is 3. The lowest BCUT2D eigenvalue weighted by Gasteiger charge is -2.18. The fourth-order valence-corrected chi connectivity index (χ4v) is 8.27. The Morgan fingerprint density at radius 1 is 0.304 bits per heavy atom. The van der Waals surface area contributed by atoms with E-state index in [9.17, 15) is 14.4 Å². The lowest BCUT2D eigenvalue weighted by atomic mass is 10.0. The molecule has 6 nitrogen and oxygen atoms in total. The molecule has 69 heavy (non-hydrogen) atoms. The molecule has 0 bridgehead atoms. The van der Waals surface area contributed by atoms with E-state index in [1.54, 1.807) is 0 Å². The summed E-state index contributed by atoms with van der Waals surface area (Å²) in [6, 6.07) is 0. The van der Waals surface area contributed by atoms with Gasteiger partial charge in [-0.1, -0.05) is 261 Å². The van der Waals surface area contributed by atoms with Crippen LogP contribution >= 0.6 is 0 Å². The second-order valence-corrected chi connectivity index (χ2v) is 19.5. The zero-order valence-corrected chi connectivity index (χ0v) is 45.6. The van der Waals surface area contributed by atoms with E-state index in [1.165, 1.54) is 148 Å². The summed E-state index contributed by atoms with van der Waals surface area (Å²) in [5.74, 6) is -0.883. The SMILES string of the molecule is CC/C=C\C/C=C\C/C=C\C/C=C\C/C=C\CCCCCCCCCCCC(=O)OCC(COC(=O)CCCCCCC/C=C\CCCC)OC(=O)CCCCCCCCCCCCCCCCC. The number of carbonyl (C=O) groups excluding carboxylic acids is 3. The number of rotatable bonds is 53. The minimum atomic E-state index is -0.778. The molecule has 6 heteroatoms. The third-order valence-electron chi connectivity index (χ3n) is 12.7. The molecule has 0 saturated heterocycles. The molecule has 398 valence electrons. The molecule has 0 heterocycles. The molecular formula is C63H110O6. The van der Waals surface area contributed by atoms with E-state index in [0.29, 0.717) is 19.3 Å².